The Morgan fingerprint density at radius 3 is 2.63 bits per heavy atom. The molecular formula is C26H41N7O2. The second-order valence-electron chi connectivity index (χ2n) is 10.5. The van der Waals surface area contributed by atoms with Crippen LogP contribution in [0.3, 0.4) is 0 Å². The summed E-state index contributed by atoms with van der Waals surface area (Å²) in [6.45, 7) is 15.7. The van der Waals surface area contributed by atoms with E-state index >= 15 is 0 Å². The minimum Gasteiger partial charge on any atom is -0.359 e. The Kier molecular flexibility index (Phi) is 8.91. The van der Waals surface area contributed by atoms with E-state index in [1.165, 1.54) is 0 Å². The van der Waals surface area contributed by atoms with Crippen molar-refractivity contribution in [1.82, 2.24) is 20.3 Å². The van der Waals surface area contributed by atoms with Crippen LogP contribution in [0.4, 0.5) is 23.3 Å². The van der Waals surface area contributed by atoms with Crippen molar-refractivity contribution in [3.05, 3.63) is 35.4 Å². The van der Waals surface area contributed by atoms with Crippen molar-refractivity contribution in [3.63, 3.8) is 0 Å². The van der Waals surface area contributed by atoms with Gasteiger partial charge in [-0.05, 0) is 57.0 Å². The van der Waals surface area contributed by atoms with Gasteiger partial charge in [0.25, 0.3) is 5.91 Å². The molecule has 0 aliphatic carbocycles. The lowest BCUT2D eigenvalue weighted by molar-refractivity contribution is 0.0364. The van der Waals surface area contributed by atoms with Gasteiger partial charge in [-0.3, -0.25) is 9.63 Å². The first-order valence-electron chi connectivity index (χ1n) is 12.4. The van der Waals surface area contributed by atoms with E-state index in [9.17, 15) is 4.79 Å². The summed E-state index contributed by atoms with van der Waals surface area (Å²) in [5.74, 6) is 2.01. The van der Waals surface area contributed by atoms with Crippen molar-refractivity contribution in [2.24, 2.45) is 5.41 Å². The smallest absolute Gasteiger partial charge is 0.274 e. The number of nitrogens with one attached hydrogen (secondary N) is 2. The van der Waals surface area contributed by atoms with Crippen LogP contribution < -0.4 is 20.6 Å². The van der Waals surface area contributed by atoms with Gasteiger partial charge in [-0.2, -0.15) is 9.97 Å². The molecule has 0 radical (unpaired) electrons. The fourth-order valence-electron chi connectivity index (χ4n) is 4.12. The summed E-state index contributed by atoms with van der Waals surface area (Å²) in [6, 6.07) is 7.58. The molecule has 3 rings (SSSR count). The first kappa shape index (κ1) is 26.7. The summed E-state index contributed by atoms with van der Waals surface area (Å²) in [5.41, 5.74) is 4.85. The second kappa shape index (κ2) is 11.7. The number of benzene rings is 1. The van der Waals surface area contributed by atoms with Crippen LogP contribution in [-0.2, 0) is 4.84 Å². The monoisotopic (exact) mass is 483 g/mol. The molecule has 9 nitrogen and oxygen atoms in total. The highest BCUT2D eigenvalue weighted by molar-refractivity contribution is 5.94. The fourth-order valence-corrected chi connectivity index (χ4v) is 4.12. The lowest BCUT2D eigenvalue weighted by atomic mass is 9.96. The van der Waals surface area contributed by atoms with Crippen molar-refractivity contribution in [1.29, 1.82) is 0 Å². The lowest BCUT2D eigenvalue weighted by Crippen LogP contribution is -2.32. The molecule has 192 valence electrons. The van der Waals surface area contributed by atoms with E-state index in [0.29, 0.717) is 18.1 Å². The van der Waals surface area contributed by atoms with Crippen LogP contribution in [0, 0.1) is 12.3 Å². The number of likely N-dealkylation sites (N-methyl/N-ethyl adjacent to an activating group) is 1. The molecule has 0 spiro atoms. The molecule has 1 aliphatic rings. The zero-order valence-electron chi connectivity index (χ0n) is 22.3. The quantitative estimate of drug-likeness (QED) is 0.548. The molecule has 35 heavy (non-hydrogen) atoms. The standard InChI is InChI=1S/C26H41N7O2/c1-8-35-30-24(34)20-11-10-19(2)21(16-20)27-25-28-22(32(7)18-26(3,4)5)17-23(29-25)33-13-9-12-31(6)14-15-33/h10-11,16-17H,8-9,12-15,18H2,1-7H3,(H,30,34)(H,27,28,29). The van der Waals surface area contributed by atoms with Crippen molar-refractivity contribution in [2.45, 2.75) is 41.0 Å². The van der Waals surface area contributed by atoms with Crippen molar-refractivity contribution < 1.29 is 9.63 Å². The summed E-state index contributed by atoms with van der Waals surface area (Å²) in [4.78, 5) is 34.1. The van der Waals surface area contributed by atoms with Gasteiger partial charge in [-0.15, -0.1) is 0 Å². The van der Waals surface area contributed by atoms with Crippen LogP contribution in [0.2, 0.25) is 0 Å². The third-order valence-corrected chi connectivity index (χ3v) is 5.90. The minimum atomic E-state index is -0.288. The number of hydrogen-bond acceptors (Lipinski definition) is 8. The molecule has 0 saturated carbocycles. The largest absolute Gasteiger partial charge is 0.359 e. The average Bonchev–Trinajstić information content (AvgIpc) is 3.02. The molecule has 1 amide bonds. The fraction of sp³-hybridized carbons (Fsp3) is 0.577. The van der Waals surface area contributed by atoms with Gasteiger partial charge in [-0.1, -0.05) is 26.8 Å². The molecule has 1 aromatic heterocycles. The van der Waals surface area contributed by atoms with E-state index < -0.39 is 0 Å². The number of nitrogens with zero attached hydrogens (tertiary/aromatic N) is 5. The molecule has 2 N–H and O–H groups in total. The lowest BCUT2D eigenvalue weighted by Gasteiger charge is -2.29. The van der Waals surface area contributed by atoms with E-state index in [2.05, 4.69) is 66.4 Å². The Hall–Kier alpha value is -2.91. The van der Waals surface area contributed by atoms with E-state index in [-0.39, 0.29) is 11.3 Å². The third-order valence-electron chi connectivity index (χ3n) is 5.90. The molecule has 0 unspecified atom stereocenters. The van der Waals surface area contributed by atoms with Crippen LogP contribution in [0.5, 0.6) is 0 Å². The van der Waals surface area contributed by atoms with E-state index in [4.69, 9.17) is 14.8 Å². The summed E-state index contributed by atoms with van der Waals surface area (Å²) in [7, 11) is 4.23. The first-order chi connectivity index (χ1) is 16.6. The number of aromatic nitrogens is 2. The van der Waals surface area contributed by atoms with E-state index in [0.717, 1.165) is 62.0 Å². The number of carbonyl (C=O) groups is 1. The third kappa shape index (κ3) is 7.80. The first-order valence-corrected chi connectivity index (χ1v) is 12.4. The Bertz CT molecular complexity index is 1010. The Labute approximate surface area is 209 Å². The Morgan fingerprint density at radius 2 is 1.91 bits per heavy atom. The van der Waals surface area contributed by atoms with Gasteiger partial charge < -0.3 is 20.0 Å². The number of hydrogen-bond donors (Lipinski definition) is 2. The van der Waals surface area contributed by atoms with Gasteiger partial charge in [0.1, 0.15) is 11.6 Å². The average molecular weight is 484 g/mol. The summed E-state index contributed by atoms with van der Waals surface area (Å²) in [6.07, 6.45) is 1.09. The topological polar surface area (TPSA) is 85.9 Å². The molecule has 0 atom stereocenters. The number of amides is 1. The Balaban J connectivity index is 1.94. The van der Waals surface area contributed by atoms with Crippen LogP contribution in [0.25, 0.3) is 0 Å². The molecule has 9 heteroatoms. The highest BCUT2D eigenvalue weighted by Gasteiger charge is 2.20. The molecule has 1 saturated heterocycles. The van der Waals surface area contributed by atoms with Gasteiger partial charge in [0.05, 0.1) is 6.61 Å². The summed E-state index contributed by atoms with van der Waals surface area (Å²) in [5, 5.41) is 3.38. The summed E-state index contributed by atoms with van der Waals surface area (Å²) >= 11 is 0. The van der Waals surface area contributed by atoms with Gasteiger partial charge >= 0.3 is 0 Å². The minimum absolute atomic E-state index is 0.123. The van der Waals surface area contributed by atoms with E-state index in [1.807, 2.05) is 19.9 Å². The van der Waals surface area contributed by atoms with Crippen molar-refractivity contribution >= 4 is 29.2 Å². The summed E-state index contributed by atoms with van der Waals surface area (Å²) < 4.78 is 0. The van der Waals surface area contributed by atoms with Crippen LogP contribution in [0.15, 0.2) is 24.3 Å². The Morgan fingerprint density at radius 1 is 1.14 bits per heavy atom. The predicted octanol–water partition coefficient (Wildman–Crippen LogP) is 3.83. The molecule has 1 aliphatic heterocycles. The van der Waals surface area contributed by atoms with Crippen molar-refractivity contribution in [2.75, 3.05) is 68.5 Å². The van der Waals surface area contributed by atoms with Gasteiger partial charge in [-0.25, -0.2) is 5.48 Å². The SMILES string of the molecule is CCONC(=O)c1ccc(C)c(Nc2nc(N(C)CC(C)(C)C)cc(N3CCCN(C)CC3)n2)c1. The molecule has 1 fully saturated rings. The van der Waals surface area contributed by atoms with Gasteiger partial charge in [0, 0.05) is 50.5 Å². The molecule has 1 aromatic carbocycles. The molecule has 0 bridgehead atoms. The van der Waals surface area contributed by atoms with E-state index in [1.54, 1.807) is 12.1 Å². The predicted molar refractivity (Wildman–Crippen MR) is 143 cm³/mol. The maximum atomic E-state index is 12.4. The normalized spacial score (nSPS) is 15.0. The zero-order chi connectivity index (χ0) is 25.6. The highest BCUT2D eigenvalue weighted by atomic mass is 16.6. The number of carbonyl (C=O) groups excluding carboxylic acids is 1. The number of anilines is 4. The van der Waals surface area contributed by atoms with Gasteiger partial charge in [0.15, 0.2) is 0 Å². The molecule has 2 aromatic rings. The maximum Gasteiger partial charge on any atom is 0.274 e. The maximum absolute atomic E-state index is 12.4. The number of rotatable bonds is 8. The number of hydroxylamine groups is 1. The van der Waals surface area contributed by atoms with Crippen LogP contribution in [0.1, 0.15) is 50.0 Å². The molecular weight excluding hydrogens is 442 g/mol. The van der Waals surface area contributed by atoms with Crippen LogP contribution >= 0.6 is 0 Å². The van der Waals surface area contributed by atoms with Crippen LogP contribution in [-0.4, -0.2) is 74.2 Å². The van der Waals surface area contributed by atoms with Gasteiger partial charge in [0.2, 0.25) is 5.95 Å². The zero-order valence-corrected chi connectivity index (χ0v) is 22.3. The second-order valence-corrected chi connectivity index (χ2v) is 10.5. The number of aryl methyl sites for hydroxylation is 1. The highest BCUT2D eigenvalue weighted by Crippen LogP contribution is 2.27. The van der Waals surface area contributed by atoms with Crippen molar-refractivity contribution in [3.8, 4) is 0 Å². The molecule has 2 heterocycles.